The van der Waals surface area contributed by atoms with Gasteiger partial charge in [0, 0.05) is 7.05 Å². The number of anilines is 1. The molecule has 0 saturated carbocycles. The van der Waals surface area contributed by atoms with E-state index in [0.29, 0.717) is 5.69 Å². The SMILES string of the molecule is Cc1nc2ccc(NS(=O)(=O)c3ncn(C)c3Cl)cc2[nH]1. The summed E-state index contributed by atoms with van der Waals surface area (Å²) in [7, 11) is -2.21. The quantitative estimate of drug-likeness (QED) is 0.771. The minimum Gasteiger partial charge on any atom is -0.342 e. The Morgan fingerprint density at radius 3 is 2.81 bits per heavy atom. The van der Waals surface area contributed by atoms with E-state index in [-0.39, 0.29) is 10.2 Å². The van der Waals surface area contributed by atoms with Crippen LogP contribution in [0.4, 0.5) is 5.69 Å². The van der Waals surface area contributed by atoms with Gasteiger partial charge in [-0.3, -0.25) is 4.72 Å². The molecule has 2 aromatic heterocycles. The van der Waals surface area contributed by atoms with E-state index in [9.17, 15) is 8.42 Å². The predicted octanol–water partition coefficient (Wildman–Crippen LogP) is 2.06. The van der Waals surface area contributed by atoms with Gasteiger partial charge in [-0.25, -0.2) is 9.97 Å². The van der Waals surface area contributed by atoms with Crippen LogP contribution in [0.3, 0.4) is 0 Å². The molecule has 0 aliphatic rings. The summed E-state index contributed by atoms with van der Waals surface area (Å²) in [6, 6.07) is 5.04. The lowest BCUT2D eigenvalue weighted by atomic mass is 10.3. The highest BCUT2D eigenvalue weighted by Crippen LogP contribution is 2.23. The van der Waals surface area contributed by atoms with E-state index in [2.05, 4.69) is 19.7 Å². The van der Waals surface area contributed by atoms with E-state index < -0.39 is 10.0 Å². The van der Waals surface area contributed by atoms with Crippen LogP contribution in [-0.2, 0) is 17.1 Å². The first-order valence-electron chi connectivity index (χ1n) is 6.03. The number of nitrogens with zero attached hydrogens (tertiary/aromatic N) is 3. The molecule has 110 valence electrons. The Labute approximate surface area is 126 Å². The van der Waals surface area contributed by atoms with Gasteiger partial charge in [0.25, 0.3) is 10.0 Å². The number of imidazole rings is 2. The largest absolute Gasteiger partial charge is 0.342 e. The van der Waals surface area contributed by atoms with E-state index in [1.54, 1.807) is 25.2 Å². The molecule has 0 fully saturated rings. The first-order valence-corrected chi connectivity index (χ1v) is 7.89. The Morgan fingerprint density at radius 2 is 2.14 bits per heavy atom. The highest BCUT2D eigenvalue weighted by Gasteiger charge is 2.22. The lowest BCUT2D eigenvalue weighted by Gasteiger charge is -2.06. The van der Waals surface area contributed by atoms with Crippen LogP contribution in [0.5, 0.6) is 0 Å². The monoisotopic (exact) mass is 325 g/mol. The van der Waals surface area contributed by atoms with Crippen molar-refractivity contribution in [2.24, 2.45) is 7.05 Å². The third-order valence-corrected chi connectivity index (χ3v) is 4.81. The molecule has 2 heterocycles. The summed E-state index contributed by atoms with van der Waals surface area (Å²) in [6.07, 6.45) is 1.35. The minimum atomic E-state index is -3.83. The smallest absolute Gasteiger partial charge is 0.282 e. The molecule has 21 heavy (non-hydrogen) atoms. The molecule has 0 unspecified atom stereocenters. The van der Waals surface area contributed by atoms with Crippen molar-refractivity contribution in [2.75, 3.05) is 4.72 Å². The normalized spacial score (nSPS) is 12.0. The Bertz CT molecular complexity index is 928. The fourth-order valence-electron chi connectivity index (χ4n) is 1.98. The van der Waals surface area contributed by atoms with Crippen molar-refractivity contribution in [1.82, 2.24) is 19.5 Å². The average Bonchev–Trinajstić information content (AvgIpc) is 2.92. The van der Waals surface area contributed by atoms with Crippen LogP contribution in [0, 0.1) is 6.92 Å². The fraction of sp³-hybridized carbons (Fsp3) is 0.167. The zero-order valence-corrected chi connectivity index (χ0v) is 12.8. The second kappa shape index (κ2) is 4.74. The van der Waals surface area contributed by atoms with E-state index in [1.165, 1.54) is 10.9 Å². The molecule has 3 aromatic rings. The molecule has 0 amide bonds. The molecule has 7 nitrogen and oxygen atoms in total. The fourth-order valence-corrected chi connectivity index (χ4v) is 3.46. The van der Waals surface area contributed by atoms with Gasteiger partial charge in [-0.1, -0.05) is 11.6 Å². The van der Waals surface area contributed by atoms with Crippen molar-refractivity contribution in [3.63, 3.8) is 0 Å². The van der Waals surface area contributed by atoms with Crippen molar-refractivity contribution in [3.8, 4) is 0 Å². The summed E-state index contributed by atoms with van der Waals surface area (Å²) in [5, 5.41) is -0.145. The van der Waals surface area contributed by atoms with E-state index in [0.717, 1.165) is 16.9 Å². The van der Waals surface area contributed by atoms with Crippen molar-refractivity contribution < 1.29 is 8.42 Å². The topological polar surface area (TPSA) is 92.7 Å². The number of fused-ring (bicyclic) bond motifs is 1. The number of nitrogens with one attached hydrogen (secondary N) is 2. The molecule has 0 saturated heterocycles. The molecule has 0 aliphatic carbocycles. The molecule has 1 aromatic carbocycles. The van der Waals surface area contributed by atoms with E-state index >= 15 is 0 Å². The van der Waals surface area contributed by atoms with Gasteiger partial charge in [0.2, 0.25) is 5.03 Å². The van der Waals surface area contributed by atoms with Gasteiger partial charge in [-0.2, -0.15) is 8.42 Å². The van der Waals surface area contributed by atoms with Crippen LogP contribution >= 0.6 is 11.6 Å². The first-order chi connectivity index (χ1) is 9.87. The molecular weight excluding hydrogens is 314 g/mol. The minimum absolute atomic E-state index is 0.0564. The highest BCUT2D eigenvalue weighted by molar-refractivity contribution is 7.92. The summed E-state index contributed by atoms with van der Waals surface area (Å²) in [4.78, 5) is 11.1. The predicted molar refractivity (Wildman–Crippen MR) is 79.9 cm³/mol. The van der Waals surface area contributed by atoms with Gasteiger partial charge < -0.3 is 9.55 Å². The number of aromatic nitrogens is 4. The number of aryl methyl sites for hydroxylation is 2. The molecule has 9 heteroatoms. The lowest BCUT2D eigenvalue weighted by molar-refractivity contribution is 0.598. The summed E-state index contributed by atoms with van der Waals surface area (Å²) in [5.41, 5.74) is 1.93. The molecule has 0 atom stereocenters. The Kier molecular flexibility index (Phi) is 3.14. The second-order valence-electron chi connectivity index (χ2n) is 4.61. The summed E-state index contributed by atoms with van der Waals surface area (Å²) < 4.78 is 28.4. The third kappa shape index (κ3) is 2.47. The molecule has 0 radical (unpaired) electrons. The van der Waals surface area contributed by atoms with Crippen molar-refractivity contribution in [3.05, 3.63) is 35.5 Å². The number of hydrogen-bond acceptors (Lipinski definition) is 4. The number of aromatic amines is 1. The van der Waals surface area contributed by atoms with Gasteiger partial charge in [0.05, 0.1) is 23.0 Å². The summed E-state index contributed by atoms with van der Waals surface area (Å²) >= 11 is 5.92. The number of benzene rings is 1. The van der Waals surface area contributed by atoms with E-state index in [1.807, 2.05) is 6.92 Å². The zero-order valence-electron chi connectivity index (χ0n) is 11.3. The van der Waals surface area contributed by atoms with E-state index in [4.69, 9.17) is 11.6 Å². The van der Waals surface area contributed by atoms with Gasteiger partial charge in [-0.05, 0) is 25.1 Å². The highest BCUT2D eigenvalue weighted by atomic mass is 35.5. The molecular formula is C12H12ClN5O2S. The Morgan fingerprint density at radius 1 is 1.38 bits per heavy atom. The average molecular weight is 326 g/mol. The van der Waals surface area contributed by atoms with Crippen LogP contribution in [0.2, 0.25) is 5.15 Å². The van der Waals surface area contributed by atoms with Crippen LogP contribution in [-0.4, -0.2) is 27.9 Å². The van der Waals surface area contributed by atoms with Crippen LogP contribution < -0.4 is 4.72 Å². The maximum atomic E-state index is 12.3. The molecule has 0 bridgehead atoms. The van der Waals surface area contributed by atoms with Gasteiger partial charge in [0.1, 0.15) is 11.0 Å². The number of halogens is 1. The number of rotatable bonds is 3. The molecule has 0 aliphatic heterocycles. The van der Waals surface area contributed by atoms with Crippen molar-refractivity contribution in [2.45, 2.75) is 11.9 Å². The van der Waals surface area contributed by atoms with Crippen molar-refractivity contribution in [1.29, 1.82) is 0 Å². The summed E-state index contributed by atoms with van der Waals surface area (Å²) in [5.74, 6) is 0.762. The Balaban J connectivity index is 1.98. The van der Waals surface area contributed by atoms with Gasteiger partial charge in [-0.15, -0.1) is 0 Å². The second-order valence-corrected chi connectivity index (χ2v) is 6.57. The van der Waals surface area contributed by atoms with Crippen LogP contribution in [0.25, 0.3) is 11.0 Å². The standard InChI is InChI=1S/C12H12ClN5O2S/c1-7-15-9-4-3-8(5-10(9)16-7)17-21(19,20)12-11(13)18(2)6-14-12/h3-6,17H,1-2H3,(H,15,16). The van der Waals surface area contributed by atoms with Crippen LogP contribution in [0.15, 0.2) is 29.6 Å². The Hall–Kier alpha value is -2.06. The van der Waals surface area contributed by atoms with Gasteiger partial charge in [0.15, 0.2) is 0 Å². The molecule has 0 spiro atoms. The summed E-state index contributed by atoms with van der Waals surface area (Å²) in [6.45, 7) is 1.83. The van der Waals surface area contributed by atoms with Gasteiger partial charge >= 0.3 is 0 Å². The molecule has 3 rings (SSSR count). The third-order valence-electron chi connectivity index (χ3n) is 2.94. The lowest BCUT2D eigenvalue weighted by Crippen LogP contribution is -2.14. The molecule has 2 N–H and O–H groups in total. The zero-order chi connectivity index (χ0) is 15.2. The number of hydrogen-bond donors (Lipinski definition) is 2. The maximum Gasteiger partial charge on any atom is 0.282 e. The van der Waals surface area contributed by atoms with Crippen LogP contribution in [0.1, 0.15) is 5.82 Å². The number of H-pyrrole nitrogens is 1. The maximum absolute atomic E-state index is 12.3. The van der Waals surface area contributed by atoms with Crippen molar-refractivity contribution >= 4 is 38.3 Å². The number of sulfonamides is 1. The first kappa shape index (κ1) is 13.9.